The molecule has 0 fully saturated rings. The summed E-state index contributed by atoms with van der Waals surface area (Å²) in [6, 6.07) is -0.0392. The average molecular weight is 233 g/mol. The van der Waals surface area contributed by atoms with Crippen molar-refractivity contribution in [1.82, 2.24) is 0 Å². The van der Waals surface area contributed by atoms with E-state index in [1.54, 1.807) is 0 Å². The number of carbonyl (C=O) groups is 1. The molecule has 0 aromatic heterocycles. The Balaban J connectivity index is 2.95. The molecule has 1 aromatic carbocycles. The number of esters is 1. The minimum absolute atomic E-state index is 0.260. The number of nitrogens with two attached hydrogens (primary N) is 1. The molecule has 1 atom stereocenters. The van der Waals surface area contributed by atoms with Gasteiger partial charge in [-0.25, -0.2) is 13.2 Å². The first-order valence-corrected chi connectivity index (χ1v) is 4.42. The van der Waals surface area contributed by atoms with E-state index in [2.05, 4.69) is 4.74 Å². The molecule has 0 saturated carbocycles. The molecule has 1 rings (SSSR count). The van der Waals surface area contributed by atoms with E-state index in [0.29, 0.717) is 12.1 Å². The van der Waals surface area contributed by atoms with E-state index in [1.807, 2.05) is 0 Å². The summed E-state index contributed by atoms with van der Waals surface area (Å²) in [4.78, 5) is 10.9. The molecule has 0 amide bonds. The van der Waals surface area contributed by atoms with Gasteiger partial charge in [-0.1, -0.05) is 0 Å². The van der Waals surface area contributed by atoms with Gasteiger partial charge < -0.3 is 10.5 Å². The average Bonchev–Trinajstić information content (AvgIpc) is 2.23. The lowest BCUT2D eigenvalue weighted by Crippen LogP contribution is -2.18. The molecule has 0 aliphatic carbocycles. The minimum Gasteiger partial charge on any atom is -0.469 e. The van der Waals surface area contributed by atoms with Crippen LogP contribution in [0.1, 0.15) is 18.0 Å². The van der Waals surface area contributed by atoms with Crippen LogP contribution in [0.4, 0.5) is 13.2 Å². The van der Waals surface area contributed by atoms with Crippen LogP contribution >= 0.6 is 0 Å². The molecule has 0 heterocycles. The summed E-state index contributed by atoms with van der Waals surface area (Å²) in [6.07, 6.45) is -0.307. The fourth-order valence-corrected chi connectivity index (χ4v) is 1.19. The number of hydrogen-bond donors (Lipinski definition) is 1. The molecule has 0 radical (unpaired) electrons. The van der Waals surface area contributed by atoms with Crippen LogP contribution in [0.5, 0.6) is 0 Å². The van der Waals surface area contributed by atoms with E-state index in [0.717, 1.165) is 7.11 Å². The van der Waals surface area contributed by atoms with Crippen molar-refractivity contribution >= 4 is 5.97 Å². The van der Waals surface area contributed by atoms with Gasteiger partial charge in [-0.15, -0.1) is 0 Å². The predicted octanol–water partition coefficient (Wildman–Crippen LogP) is 1.67. The molecule has 0 spiro atoms. The van der Waals surface area contributed by atoms with E-state index in [4.69, 9.17) is 5.73 Å². The molecule has 6 heteroatoms. The van der Waals surface area contributed by atoms with Gasteiger partial charge in [0.2, 0.25) is 0 Å². The van der Waals surface area contributed by atoms with Gasteiger partial charge >= 0.3 is 5.97 Å². The van der Waals surface area contributed by atoms with Gasteiger partial charge in [-0.2, -0.15) is 0 Å². The van der Waals surface area contributed by atoms with E-state index in [9.17, 15) is 18.0 Å². The summed E-state index contributed by atoms with van der Waals surface area (Å²) in [6.45, 7) is 0. The largest absolute Gasteiger partial charge is 0.469 e. The maximum atomic E-state index is 13.2. The lowest BCUT2D eigenvalue weighted by Gasteiger charge is -2.11. The molecule has 2 N–H and O–H groups in total. The fourth-order valence-electron chi connectivity index (χ4n) is 1.19. The highest BCUT2D eigenvalue weighted by molar-refractivity contribution is 5.70. The van der Waals surface area contributed by atoms with Gasteiger partial charge in [-0.05, 0) is 6.07 Å². The Morgan fingerprint density at radius 1 is 1.31 bits per heavy atom. The second kappa shape index (κ2) is 4.98. The zero-order chi connectivity index (χ0) is 12.3. The highest BCUT2D eigenvalue weighted by Gasteiger charge is 2.18. The summed E-state index contributed by atoms with van der Waals surface area (Å²) < 4.78 is 43.0. The van der Waals surface area contributed by atoms with Crippen LogP contribution in [0.2, 0.25) is 0 Å². The number of hydrogen-bond acceptors (Lipinski definition) is 3. The molecular formula is C10H10F3NO2. The third-order valence-electron chi connectivity index (χ3n) is 2.05. The Bertz CT molecular complexity index is 409. The highest BCUT2D eigenvalue weighted by Crippen LogP contribution is 2.21. The smallest absolute Gasteiger partial charge is 0.307 e. The van der Waals surface area contributed by atoms with E-state index < -0.39 is 29.5 Å². The van der Waals surface area contributed by atoms with Crippen molar-refractivity contribution in [1.29, 1.82) is 0 Å². The summed E-state index contributed by atoms with van der Waals surface area (Å²) in [7, 11) is 1.15. The van der Waals surface area contributed by atoms with Crippen LogP contribution in [-0.4, -0.2) is 13.1 Å². The number of methoxy groups -OCH3 is 1. The second-order valence-electron chi connectivity index (χ2n) is 3.17. The Kier molecular flexibility index (Phi) is 3.89. The quantitative estimate of drug-likeness (QED) is 0.638. The summed E-state index contributed by atoms with van der Waals surface area (Å²) in [5.74, 6) is -4.16. The Labute approximate surface area is 90.0 Å². The first-order valence-electron chi connectivity index (χ1n) is 4.42. The van der Waals surface area contributed by atoms with E-state index in [1.165, 1.54) is 0 Å². The number of halogens is 3. The van der Waals surface area contributed by atoms with Crippen molar-refractivity contribution in [2.24, 2.45) is 5.73 Å². The van der Waals surface area contributed by atoms with Gasteiger partial charge in [-0.3, -0.25) is 4.79 Å². The topological polar surface area (TPSA) is 52.3 Å². The molecule has 1 unspecified atom stereocenters. The van der Waals surface area contributed by atoms with Gasteiger partial charge in [0.1, 0.15) is 5.82 Å². The zero-order valence-electron chi connectivity index (χ0n) is 8.47. The first kappa shape index (κ1) is 12.5. The number of carbonyl (C=O) groups excluding carboxylic acids is 1. The third-order valence-corrected chi connectivity index (χ3v) is 2.05. The molecule has 3 nitrogen and oxygen atoms in total. The van der Waals surface area contributed by atoms with Gasteiger partial charge in [0.15, 0.2) is 11.6 Å². The van der Waals surface area contributed by atoms with Gasteiger partial charge in [0, 0.05) is 17.7 Å². The first-order chi connectivity index (χ1) is 7.45. The standard InChI is InChI=1S/C10H10F3NO2/c1-16-10(15)4-9(14)5-2-7(12)8(13)3-6(5)11/h2-3,9H,4,14H2,1H3. The number of benzene rings is 1. The van der Waals surface area contributed by atoms with Crippen molar-refractivity contribution in [3.8, 4) is 0 Å². The van der Waals surface area contributed by atoms with Crippen molar-refractivity contribution in [3.63, 3.8) is 0 Å². The van der Waals surface area contributed by atoms with Crippen molar-refractivity contribution in [2.75, 3.05) is 7.11 Å². The molecule has 0 saturated heterocycles. The summed E-state index contributed by atoms with van der Waals surface area (Å²) in [5.41, 5.74) is 5.20. The number of ether oxygens (including phenoxy) is 1. The maximum Gasteiger partial charge on any atom is 0.307 e. The maximum absolute atomic E-state index is 13.2. The summed E-state index contributed by atoms with van der Waals surface area (Å²) >= 11 is 0. The molecule has 0 bridgehead atoms. The van der Waals surface area contributed by atoms with Crippen LogP contribution < -0.4 is 5.73 Å². The normalized spacial score (nSPS) is 12.3. The van der Waals surface area contributed by atoms with Crippen molar-refractivity contribution < 1.29 is 22.7 Å². The van der Waals surface area contributed by atoms with Crippen LogP contribution in [0.3, 0.4) is 0 Å². The molecule has 16 heavy (non-hydrogen) atoms. The molecule has 0 aliphatic rings. The Morgan fingerprint density at radius 2 is 1.88 bits per heavy atom. The highest BCUT2D eigenvalue weighted by atomic mass is 19.2. The fraction of sp³-hybridized carbons (Fsp3) is 0.300. The van der Waals surface area contributed by atoms with E-state index in [-0.39, 0.29) is 12.0 Å². The summed E-state index contributed by atoms with van der Waals surface area (Å²) in [5, 5.41) is 0. The predicted molar refractivity (Wildman–Crippen MR) is 49.9 cm³/mol. The van der Waals surface area contributed by atoms with Crippen LogP contribution in [-0.2, 0) is 9.53 Å². The SMILES string of the molecule is COC(=O)CC(N)c1cc(F)c(F)cc1F. The zero-order valence-corrected chi connectivity index (χ0v) is 8.47. The minimum atomic E-state index is -1.30. The molecule has 1 aromatic rings. The number of rotatable bonds is 3. The lowest BCUT2D eigenvalue weighted by molar-refractivity contribution is -0.141. The van der Waals surface area contributed by atoms with Crippen molar-refractivity contribution in [2.45, 2.75) is 12.5 Å². The molecule has 0 aliphatic heterocycles. The molecular weight excluding hydrogens is 223 g/mol. The second-order valence-corrected chi connectivity index (χ2v) is 3.17. The van der Waals surface area contributed by atoms with Gasteiger partial charge in [0.25, 0.3) is 0 Å². The van der Waals surface area contributed by atoms with Crippen LogP contribution in [0.15, 0.2) is 12.1 Å². The molecule has 88 valence electrons. The van der Waals surface area contributed by atoms with Crippen LogP contribution in [0.25, 0.3) is 0 Å². The Hall–Kier alpha value is -1.56. The monoisotopic (exact) mass is 233 g/mol. The third kappa shape index (κ3) is 2.73. The van der Waals surface area contributed by atoms with Crippen molar-refractivity contribution in [3.05, 3.63) is 35.1 Å². The Morgan fingerprint density at radius 3 is 2.44 bits per heavy atom. The van der Waals surface area contributed by atoms with E-state index >= 15 is 0 Å². The van der Waals surface area contributed by atoms with Gasteiger partial charge in [0.05, 0.1) is 13.5 Å². The lowest BCUT2D eigenvalue weighted by atomic mass is 10.0. The van der Waals surface area contributed by atoms with Crippen LogP contribution in [0, 0.1) is 17.5 Å².